The zero-order chi connectivity index (χ0) is 20.4. The van der Waals surface area contributed by atoms with Gasteiger partial charge in [-0.3, -0.25) is 14.3 Å². The Labute approximate surface area is 165 Å². The summed E-state index contributed by atoms with van der Waals surface area (Å²) >= 11 is 0. The Balaban J connectivity index is 1.65. The quantitative estimate of drug-likeness (QED) is 0.575. The van der Waals surface area contributed by atoms with E-state index in [1.54, 1.807) is 24.3 Å². The third kappa shape index (κ3) is 4.06. The van der Waals surface area contributed by atoms with Crippen LogP contribution in [0.2, 0.25) is 0 Å². The number of nitrogens with one attached hydrogen (secondary N) is 2. The number of imidazole rings is 1. The molecule has 0 saturated heterocycles. The number of benzene rings is 1. The number of fused-ring (bicyclic) bond motifs is 1. The topological polar surface area (TPSA) is 121 Å². The lowest BCUT2D eigenvalue weighted by molar-refractivity contribution is -0.131. The summed E-state index contributed by atoms with van der Waals surface area (Å²) in [6.07, 6.45) is 8.14. The molecule has 0 aliphatic heterocycles. The molecule has 3 N–H and O–H groups in total. The van der Waals surface area contributed by atoms with E-state index in [-0.39, 0.29) is 11.1 Å². The highest BCUT2D eigenvalue weighted by Gasteiger charge is 2.18. The standard InChI is InChI=1S/C21H22N4O4/c26-16(27)11-8-13-6-9-15(10-7-13)18-22-17-19(23-18)24-21(29)25(20(17)28)12-14-4-2-1-3-5-14/h6-11,14H,1-5,12H2,(H,22,23)(H,24,29)(H,26,27). The van der Waals surface area contributed by atoms with Crippen LogP contribution < -0.4 is 11.2 Å². The number of carbonyl (C=O) groups is 1. The van der Waals surface area contributed by atoms with Crippen LogP contribution in [0.4, 0.5) is 0 Å². The molecule has 0 bridgehead atoms. The normalized spacial score (nSPS) is 15.3. The van der Waals surface area contributed by atoms with E-state index >= 15 is 0 Å². The number of aromatic amines is 2. The van der Waals surface area contributed by atoms with Crippen molar-refractivity contribution < 1.29 is 9.90 Å². The van der Waals surface area contributed by atoms with Gasteiger partial charge in [-0.2, -0.15) is 0 Å². The predicted octanol–water partition coefficient (Wildman–Crippen LogP) is 2.76. The van der Waals surface area contributed by atoms with Crippen LogP contribution in [-0.2, 0) is 11.3 Å². The molecule has 0 atom stereocenters. The molecule has 8 heteroatoms. The minimum absolute atomic E-state index is 0.213. The minimum atomic E-state index is -1.01. The molecule has 2 heterocycles. The second-order valence-electron chi connectivity index (χ2n) is 7.45. The maximum atomic E-state index is 12.9. The highest BCUT2D eigenvalue weighted by molar-refractivity contribution is 5.85. The summed E-state index contributed by atoms with van der Waals surface area (Å²) in [6, 6.07) is 7.06. The van der Waals surface area contributed by atoms with Crippen LogP contribution in [0.5, 0.6) is 0 Å². The second kappa shape index (κ2) is 7.90. The molecule has 0 amide bonds. The smallest absolute Gasteiger partial charge is 0.330 e. The van der Waals surface area contributed by atoms with Crippen LogP contribution >= 0.6 is 0 Å². The van der Waals surface area contributed by atoms with Crippen LogP contribution in [0.15, 0.2) is 39.9 Å². The van der Waals surface area contributed by atoms with Crippen LogP contribution in [0.1, 0.15) is 37.7 Å². The van der Waals surface area contributed by atoms with E-state index in [1.807, 2.05) is 0 Å². The molecule has 29 heavy (non-hydrogen) atoms. The van der Waals surface area contributed by atoms with Gasteiger partial charge in [-0.25, -0.2) is 14.6 Å². The van der Waals surface area contributed by atoms with E-state index < -0.39 is 11.7 Å². The largest absolute Gasteiger partial charge is 0.478 e. The third-order valence-corrected chi connectivity index (χ3v) is 5.40. The van der Waals surface area contributed by atoms with Crippen molar-refractivity contribution in [3.63, 3.8) is 0 Å². The lowest BCUT2D eigenvalue weighted by atomic mass is 9.89. The number of rotatable bonds is 5. The monoisotopic (exact) mass is 394 g/mol. The second-order valence-corrected chi connectivity index (χ2v) is 7.45. The van der Waals surface area contributed by atoms with E-state index in [0.29, 0.717) is 23.9 Å². The molecule has 1 aromatic carbocycles. The Morgan fingerprint density at radius 3 is 2.55 bits per heavy atom. The van der Waals surface area contributed by atoms with Crippen LogP contribution in [-0.4, -0.2) is 30.6 Å². The lowest BCUT2D eigenvalue weighted by Gasteiger charge is -2.21. The lowest BCUT2D eigenvalue weighted by Crippen LogP contribution is -2.37. The molecule has 0 radical (unpaired) electrons. The van der Waals surface area contributed by atoms with Crippen molar-refractivity contribution in [2.24, 2.45) is 5.92 Å². The van der Waals surface area contributed by atoms with Gasteiger partial charge in [0, 0.05) is 18.2 Å². The van der Waals surface area contributed by atoms with Crippen molar-refractivity contribution in [3.8, 4) is 11.4 Å². The Morgan fingerprint density at radius 1 is 1.14 bits per heavy atom. The van der Waals surface area contributed by atoms with E-state index in [2.05, 4.69) is 15.0 Å². The molecule has 0 spiro atoms. The van der Waals surface area contributed by atoms with Gasteiger partial charge in [0.15, 0.2) is 5.52 Å². The maximum absolute atomic E-state index is 12.9. The number of carboxylic acids is 1. The highest BCUT2D eigenvalue weighted by Crippen LogP contribution is 2.24. The molecule has 3 aromatic rings. The zero-order valence-electron chi connectivity index (χ0n) is 15.9. The highest BCUT2D eigenvalue weighted by atomic mass is 16.4. The Kier molecular flexibility index (Phi) is 5.16. The number of hydrogen-bond acceptors (Lipinski definition) is 4. The van der Waals surface area contributed by atoms with E-state index in [9.17, 15) is 14.4 Å². The van der Waals surface area contributed by atoms with Crippen molar-refractivity contribution in [1.82, 2.24) is 19.5 Å². The fraction of sp³-hybridized carbons (Fsp3) is 0.333. The Hall–Kier alpha value is -3.42. The SMILES string of the molecule is O=C(O)C=Cc1ccc(-c2nc3c(=O)n(CC4CCCCC4)c(=O)[nH]c3[nH]2)cc1. The fourth-order valence-corrected chi connectivity index (χ4v) is 3.86. The summed E-state index contributed by atoms with van der Waals surface area (Å²) in [5.41, 5.74) is 1.19. The Morgan fingerprint density at radius 2 is 1.86 bits per heavy atom. The van der Waals surface area contributed by atoms with Gasteiger partial charge in [-0.1, -0.05) is 43.5 Å². The van der Waals surface area contributed by atoms with Crippen molar-refractivity contribution in [2.45, 2.75) is 38.6 Å². The summed E-state index contributed by atoms with van der Waals surface area (Å²) < 4.78 is 1.27. The number of aliphatic carboxylic acids is 1. The number of nitrogens with zero attached hydrogens (tertiary/aromatic N) is 2. The first-order valence-electron chi connectivity index (χ1n) is 9.75. The minimum Gasteiger partial charge on any atom is -0.478 e. The first-order chi connectivity index (χ1) is 14.0. The van der Waals surface area contributed by atoms with E-state index in [0.717, 1.165) is 42.9 Å². The van der Waals surface area contributed by atoms with E-state index in [4.69, 9.17) is 5.11 Å². The third-order valence-electron chi connectivity index (χ3n) is 5.40. The molecular weight excluding hydrogens is 372 g/mol. The predicted molar refractivity (Wildman–Crippen MR) is 110 cm³/mol. The van der Waals surface area contributed by atoms with Crippen molar-refractivity contribution in [3.05, 3.63) is 56.7 Å². The Bertz CT molecular complexity index is 1180. The molecule has 4 rings (SSSR count). The molecule has 1 aliphatic carbocycles. The number of aromatic nitrogens is 4. The van der Waals surface area contributed by atoms with Crippen molar-refractivity contribution in [1.29, 1.82) is 0 Å². The van der Waals surface area contributed by atoms with Crippen LogP contribution in [0.3, 0.4) is 0 Å². The van der Waals surface area contributed by atoms with Crippen molar-refractivity contribution >= 4 is 23.2 Å². The van der Waals surface area contributed by atoms with Gasteiger partial charge in [0.25, 0.3) is 5.56 Å². The average Bonchev–Trinajstić information content (AvgIpc) is 3.15. The van der Waals surface area contributed by atoms with Gasteiger partial charge in [-0.15, -0.1) is 0 Å². The van der Waals surface area contributed by atoms with Gasteiger partial charge < -0.3 is 10.1 Å². The first-order valence-corrected chi connectivity index (χ1v) is 9.75. The number of hydrogen-bond donors (Lipinski definition) is 3. The molecule has 1 fully saturated rings. The summed E-state index contributed by atoms with van der Waals surface area (Å²) in [7, 11) is 0. The summed E-state index contributed by atoms with van der Waals surface area (Å²) in [6.45, 7) is 0.427. The van der Waals surface area contributed by atoms with Crippen LogP contribution in [0.25, 0.3) is 28.6 Å². The molecule has 8 nitrogen and oxygen atoms in total. The van der Waals surface area contributed by atoms with Gasteiger partial charge >= 0.3 is 11.7 Å². The first kappa shape index (κ1) is 18.9. The zero-order valence-corrected chi connectivity index (χ0v) is 15.9. The molecular formula is C21H22N4O4. The summed E-state index contributed by atoms with van der Waals surface area (Å²) in [5, 5.41) is 8.70. The van der Waals surface area contributed by atoms with Gasteiger partial charge in [-0.05, 0) is 30.4 Å². The van der Waals surface area contributed by atoms with Crippen molar-refractivity contribution in [2.75, 3.05) is 0 Å². The van der Waals surface area contributed by atoms with Gasteiger partial charge in [0.1, 0.15) is 11.5 Å². The summed E-state index contributed by atoms with van der Waals surface area (Å²) in [4.78, 5) is 46.1. The molecule has 2 aromatic heterocycles. The molecule has 0 unspecified atom stereocenters. The maximum Gasteiger partial charge on any atom is 0.330 e. The number of carboxylic acid groups (broad SMARTS) is 1. The molecule has 1 saturated carbocycles. The van der Waals surface area contributed by atoms with Crippen LogP contribution in [0, 0.1) is 5.92 Å². The molecule has 1 aliphatic rings. The van der Waals surface area contributed by atoms with E-state index in [1.165, 1.54) is 17.1 Å². The number of H-pyrrole nitrogens is 2. The van der Waals surface area contributed by atoms with Gasteiger partial charge in [0.2, 0.25) is 0 Å². The molecule has 150 valence electrons. The summed E-state index contributed by atoms with van der Waals surface area (Å²) in [5.74, 6) is -0.193. The van der Waals surface area contributed by atoms with Gasteiger partial charge in [0.05, 0.1) is 0 Å². The average molecular weight is 394 g/mol. The fourth-order valence-electron chi connectivity index (χ4n) is 3.86.